The minimum absolute atomic E-state index is 0.0849. The van der Waals surface area contributed by atoms with Crippen LogP contribution >= 0.6 is 23.1 Å². The normalized spacial score (nSPS) is 16.4. The Morgan fingerprint density at radius 2 is 2.07 bits per heavy atom. The molecule has 2 aromatic heterocycles. The largest absolute Gasteiger partial charge is 0.509 e. The highest BCUT2D eigenvalue weighted by Crippen LogP contribution is 2.34. The highest BCUT2D eigenvalue weighted by molar-refractivity contribution is 8.18. The molecule has 152 valence electrons. The summed E-state index contributed by atoms with van der Waals surface area (Å²) in [6.07, 6.45) is 1.62. The van der Waals surface area contributed by atoms with Crippen LogP contribution in [0.2, 0.25) is 0 Å². The van der Waals surface area contributed by atoms with Crippen LogP contribution in [0.25, 0.3) is 22.7 Å². The lowest BCUT2D eigenvalue weighted by molar-refractivity contribution is -0.134. The van der Waals surface area contributed by atoms with E-state index in [0.717, 1.165) is 21.5 Å². The van der Waals surface area contributed by atoms with Crippen molar-refractivity contribution in [3.05, 3.63) is 63.1 Å². The Hall–Kier alpha value is -3.37. The number of para-hydroxylation sites is 2. The third-order valence-corrected chi connectivity index (χ3v) is 6.03. The number of methoxy groups -OCH3 is 1. The number of thiophene rings is 1. The molecule has 10 heteroatoms. The van der Waals surface area contributed by atoms with E-state index in [1.807, 2.05) is 17.5 Å². The Bertz CT molecular complexity index is 1180. The zero-order valence-corrected chi connectivity index (χ0v) is 17.3. The SMILES string of the molecule is COC(=O)/C(=C(/O)CN1C(=O)S/C(=C\c2cccs2)C1=O)c1nc2ccccc2[nH]1. The number of nitrogens with zero attached hydrogens (tertiary/aromatic N) is 2. The minimum Gasteiger partial charge on any atom is -0.509 e. The van der Waals surface area contributed by atoms with Crippen LogP contribution in [0.15, 0.2) is 52.4 Å². The Balaban J connectivity index is 1.67. The summed E-state index contributed by atoms with van der Waals surface area (Å²) in [5, 5.41) is 12.0. The molecule has 0 radical (unpaired) electrons. The van der Waals surface area contributed by atoms with E-state index in [0.29, 0.717) is 11.0 Å². The molecule has 0 bridgehead atoms. The van der Waals surface area contributed by atoms with Crippen LogP contribution in [-0.2, 0) is 14.3 Å². The minimum atomic E-state index is -0.840. The third kappa shape index (κ3) is 3.74. The van der Waals surface area contributed by atoms with Crippen molar-refractivity contribution < 1.29 is 24.2 Å². The van der Waals surface area contributed by atoms with E-state index in [9.17, 15) is 19.5 Å². The number of nitrogens with one attached hydrogen (secondary N) is 1. The zero-order valence-electron chi connectivity index (χ0n) is 15.6. The number of ether oxygens (including phenoxy) is 1. The number of H-pyrrole nitrogens is 1. The molecule has 8 nitrogen and oxygen atoms in total. The Labute approximate surface area is 178 Å². The summed E-state index contributed by atoms with van der Waals surface area (Å²) in [6.45, 7) is -0.478. The molecule has 3 aromatic rings. The monoisotopic (exact) mass is 441 g/mol. The lowest BCUT2D eigenvalue weighted by Crippen LogP contribution is -2.31. The summed E-state index contributed by atoms with van der Waals surface area (Å²) in [7, 11) is 1.17. The number of aromatic nitrogens is 2. The van der Waals surface area contributed by atoms with E-state index < -0.39 is 29.4 Å². The lowest BCUT2D eigenvalue weighted by Gasteiger charge is -2.13. The predicted octanol–water partition coefficient (Wildman–Crippen LogP) is 3.80. The summed E-state index contributed by atoms with van der Waals surface area (Å²) in [5.74, 6) is -1.80. The van der Waals surface area contributed by atoms with Gasteiger partial charge in [0.05, 0.1) is 29.6 Å². The van der Waals surface area contributed by atoms with Crippen molar-refractivity contribution in [1.82, 2.24) is 14.9 Å². The number of thioether (sulfide) groups is 1. The molecule has 0 aliphatic carbocycles. The molecule has 3 heterocycles. The smallest absolute Gasteiger partial charge is 0.345 e. The molecule has 1 fully saturated rings. The van der Waals surface area contributed by atoms with Gasteiger partial charge < -0.3 is 14.8 Å². The van der Waals surface area contributed by atoms with Crippen molar-refractivity contribution in [2.75, 3.05) is 13.7 Å². The molecular weight excluding hydrogens is 426 g/mol. The van der Waals surface area contributed by atoms with E-state index in [2.05, 4.69) is 9.97 Å². The first-order valence-corrected chi connectivity index (χ1v) is 10.4. The zero-order chi connectivity index (χ0) is 21.3. The highest BCUT2D eigenvalue weighted by atomic mass is 32.2. The fraction of sp³-hybridized carbons (Fsp3) is 0.100. The molecule has 1 aliphatic heterocycles. The predicted molar refractivity (Wildman–Crippen MR) is 115 cm³/mol. The molecule has 0 saturated carbocycles. The molecule has 4 rings (SSSR count). The summed E-state index contributed by atoms with van der Waals surface area (Å²) in [5.41, 5.74) is 1.01. The maximum absolute atomic E-state index is 12.7. The number of benzene rings is 1. The van der Waals surface area contributed by atoms with Gasteiger partial charge in [-0.05, 0) is 41.4 Å². The number of fused-ring (bicyclic) bond motifs is 1. The summed E-state index contributed by atoms with van der Waals surface area (Å²) >= 11 is 2.21. The number of carbonyl (C=O) groups excluding carboxylic acids is 3. The first-order chi connectivity index (χ1) is 14.5. The van der Waals surface area contributed by atoms with E-state index >= 15 is 0 Å². The van der Waals surface area contributed by atoms with Crippen molar-refractivity contribution in [2.24, 2.45) is 0 Å². The van der Waals surface area contributed by atoms with E-state index in [4.69, 9.17) is 4.74 Å². The summed E-state index contributed by atoms with van der Waals surface area (Å²) in [6, 6.07) is 10.8. The van der Waals surface area contributed by atoms with Gasteiger partial charge in [0.25, 0.3) is 11.1 Å². The Morgan fingerprint density at radius 1 is 1.27 bits per heavy atom. The first-order valence-electron chi connectivity index (χ1n) is 8.72. The van der Waals surface area contributed by atoms with Gasteiger partial charge in [-0.25, -0.2) is 9.78 Å². The molecule has 0 atom stereocenters. The molecule has 2 amide bonds. The second kappa shape index (κ2) is 8.17. The second-order valence-corrected chi connectivity index (χ2v) is 8.17. The number of amides is 2. The van der Waals surface area contributed by atoms with E-state index in [1.54, 1.807) is 30.3 Å². The molecule has 0 unspecified atom stereocenters. The molecule has 1 saturated heterocycles. The molecular formula is C20H15N3O5S2. The summed E-state index contributed by atoms with van der Waals surface area (Å²) in [4.78, 5) is 46.6. The molecule has 30 heavy (non-hydrogen) atoms. The molecule has 1 aromatic carbocycles. The Morgan fingerprint density at radius 3 is 2.77 bits per heavy atom. The number of imidazole rings is 1. The van der Waals surface area contributed by atoms with Crippen molar-refractivity contribution in [2.45, 2.75) is 0 Å². The van der Waals surface area contributed by atoms with Crippen LogP contribution in [0.5, 0.6) is 0 Å². The standard InChI is InChI=1S/C20H15N3O5S2/c1-28-19(26)16(17-21-12-6-2-3-7-13(12)22-17)14(24)10-23-18(25)15(30-20(23)27)9-11-5-4-8-29-11/h2-9,24H,10H2,1H3,(H,21,22)/b15-9-,16-14+. The van der Waals surface area contributed by atoms with Gasteiger partial charge in [0, 0.05) is 4.88 Å². The van der Waals surface area contributed by atoms with Gasteiger partial charge in [-0.2, -0.15) is 0 Å². The number of aliphatic hydroxyl groups excluding tert-OH is 1. The van der Waals surface area contributed by atoms with E-state index in [-0.39, 0.29) is 16.3 Å². The van der Waals surface area contributed by atoms with Gasteiger partial charge in [0.1, 0.15) is 17.2 Å². The topological polar surface area (TPSA) is 113 Å². The fourth-order valence-corrected chi connectivity index (χ4v) is 4.45. The molecule has 0 spiro atoms. The van der Waals surface area contributed by atoms with Gasteiger partial charge >= 0.3 is 5.97 Å². The van der Waals surface area contributed by atoms with Gasteiger partial charge in [0.2, 0.25) is 0 Å². The van der Waals surface area contributed by atoms with E-state index in [1.165, 1.54) is 18.4 Å². The van der Waals surface area contributed by atoms with Crippen molar-refractivity contribution in [3.63, 3.8) is 0 Å². The third-order valence-electron chi connectivity index (χ3n) is 4.30. The van der Waals surface area contributed by atoms with Gasteiger partial charge in [0.15, 0.2) is 0 Å². The van der Waals surface area contributed by atoms with Crippen LogP contribution in [0.3, 0.4) is 0 Å². The van der Waals surface area contributed by atoms with Gasteiger partial charge in [-0.15, -0.1) is 11.3 Å². The summed E-state index contributed by atoms with van der Waals surface area (Å²) < 4.78 is 4.77. The van der Waals surface area contributed by atoms with Crippen molar-refractivity contribution >= 4 is 62.9 Å². The number of rotatable bonds is 5. The number of aliphatic hydroxyl groups is 1. The fourth-order valence-electron chi connectivity index (χ4n) is 2.89. The van der Waals surface area contributed by atoms with Crippen LogP contribution < -0.4 is 0 Å². The number of esters is 1. The van der Waals surface area contributed by atoms with Crippen LogP contribution in [0.1, 0.15) is 10.7 Å². The van der Waals surface area contributed by atoms with Crippen molar-refractivity contribution in [1.29, 1.82) is 0 Å². The molecule has 2 N–H and O–H groups in total. The average Bonchev–Trinajstić information content (AvgIpc) is 3.45. The van der Waals surface area contributed by atoms with Gasteiger partial charge in [-0.1, -0.05) is 18.2 Å². The lowest BCUT2D eigenvalue weighted by atomic mass is 10.2. The Kier molecular flexibility index (Phi) is 5.42. The maximum atomic E-state index is 12.7. The van der Waals surface area contributed by atoms with Crippen LogP contribution in [0.4, 0.5) is 4.79 Å². The van der Waals surface area contributed by atoms with Crippen molar-refractivity contribution in [3.8, 4) is 0 Å². The first kappa shape index (κ1) is 19.9. The maximum Gasteiger partial charge on any atom is 0.345 e. The molecule has 1 aliphatic rings. The van der Waals surface area contributed by atoms with Gasteiger partial charge in [-0.3, -0.25) is 14.5 Å². The number of imide groups is 1. The second-order valence-electron chi connectivity index (χ2n) is 6.20. The number of aromatic amines is 1. The van der Waals surface area contributed by atoms with Crippen LogP contribution in [-0.4, -0.2) is 50.7 Å². The number of carbonyl (C=O) groups is 3. The quantitative estimate of drug-likeness (QED) is 0.352. The average molecular weight is 441 g/mol. The number of hydrogen-bond donors (Lipinski definition) is 2. The van der Waals surface area contributed by atoms with Crippen LogP contribution in [0, 0.1) is 0 Å². The number of hydrogen-bond acceptors (Lipinski definition) is 8. The highest BCUT2D eigenvalue weighted by Gasteiger charge is 2.37.